The Morgan fingerprint density at radius 3 is 2.57 bits per heavy atom. The summed E-state index contributed by atoms with van der Waals surface area (Å²) in [6.07, 6.45) is 0.849. The third-order valence-corrected chi connectivity index (χ3v) is 2.42. The van der Waals surface area contributed by atoms with Crippen molar-refractivity contribution in [2.24, 2.45) is 0 Å². The van der Waals surface area contributed by atoms with Crippen LogP contribution in [0.4, 0.5) is 0 Å². The van der Waals surface area contributed by atoms with Crippen LogP contribution in [-0.2, 0) is 6.42 Å². The minimum atomic E-state index is 0.0104. The molecular weight excluding hydrogens is 174 g/mol. The van der Waals surface area contributed by atoms with Crippen molar-refractivity contribution >= 4 is 5.78 Å². The molecule has 1 rings (SSSR count). The van der Waals surface area contributed by atoms with E-state index in [-0.39, 0.29) is 5.78 Å². The van der Waals surface area contributed by atoms with Gasteiger partial charge in [-0.05, 0) is 43.5 Å². The van der Waals surface area contributed by atoms with Crippen molar-refractivity contribution in [1.29, 1.82) is 5.26 Å². The molecule has 0 bridgehead atoms. The number of rotatable bonds is 2. The average Bonchev–Trinajstić information content (AvgIpc) is 2.17. The number of carbonyl (C=O) groups excluding carboxylic acids is 1. The van der Waals surface area contributed by atoms with Crippen LogP contribution in [0.1, 0.15) is 40.9 Å². The number of benzene rings is 1. The molecule has 1 aromatic rings. The molecule has 0 fully saturated rings. The molecule has 0 aliphatic rings. The molecule has 0 N–H and O–H groups in total. The first kappa shape index (κ1) is 10.5. The van der Waals surface area contributed by atoms with E-state index >= 15 is 0 Å². The fraction of sp³-hybridized carbons (Fsp3) is 0.333. The molecule has 0 atom stereocenters. The zero-order valence-corrected chi connectivity index (χ0v) is 8.72. The van der Waals surface area contributed by atoms with Gasteiger partial charge in [0.25, 0.3) is 0 Å². The summed E-state index contributed by atoms with van der Waals surface area (Å²) in [5, 5.41) is 8.88. The lowest BCUT2D eigenvalue weighted by Gasteiger charge is -2.07. The highest BCUT2D eigenvalue weighted by Gasteiger charge is 2.07. The summed E-state index contributed by atoms with van der Waals surface area (Å²) >= 11 is 0. The number of carbonyl (C=O) groups is 1. The van der Waals surface area contributed by atoms with Gasteiger partial charge in [0.05, 0.1) is 11.6 Å². The maximum Gasteiger partial charge on any atom is 0.159 e. The third-order valence-electron chi connectivity index (χ3n) is 2.42. The van der Waals surface area contributed by atoms with Crippen LogP contribution >= 0.6 is 0 Å². The lowest BCUT2D eigenvalue weighted by Crippen LogP contribution is -1.99. The fourth-order valence-electron chi connectivity index (χ4n) is 1.46. The zero-order chi connectivity index (χ0) is 10.7. The number of nitriles is 1. The summed E-state index contributed by atoms with van der Waals surface area (Å²) in [7, 11) is 0. The summed E-state index contributed by atoms with van der Waals surface area (Å²) in [6.45, 7) is 5.46. The van der Waals surface area contributed by atoms with Crippen molar-refractivity contribution in [2.45, 2.75) is 27.2 Å². The summed E-state index contributed by atoms with van der Waals surface area (Å²) in [6, 6.07) is 5.65. The molecule has 0 amide bonds. The predicted octanol–water partition coefficient (Wildman–Crippen LogP) is 2.63. The van der Waals surface area contributed by atoms with Gasteiger partial charge < -0.3 is 0 Å². The normalized spacial score (nSPS) is 9.57. The van der Waals surface area contributed by atoms with Gasteiger partial charge in [-0.3, -0.25) is 4.79 Å². The molecule has 0 saturated carbocycles. The first-order valence-corrected chi connectivity index (χ1v) is 4.64. The molecular formula is C12H13NO. The maximum absolute atomic E-state index is 11.2. The number of Topliss-reactive ketones (excluding diaryl/α,β-unsaturated/α-hetero) is 1. The molecule has 0 unspecified atom stereocenters. The Bertz CT molecular complexity index is 413. The second-order valence-corrected chi connectivity index (χ2v) is 3.33. The monoisotopic (exact) mass is 187 g/mol. The molecule has 0 spiro atoms. The van der Waals surface area contributed by atoms with E-state index < -0.39 is 0 Å². The lowest BCUT2D eigenvalue weighted by atomic mass is 9.96. The van der Waals surface area contributed by atoms with E-state index in [1.807, 2.05) is 19.9 Å². The number of aryl methyl sites for hydroxylation is 1. The highest BCUT2D eigenvalue weighted by atomic mass is 16.1. The van der Waals surface area contributed by atoms with Crippen molar-refractivity contribution in [2.75, 3.05) is 0 Å². The van der Waals surface area contributed by atoms with E-state index in [0.717, 1.165) is 17.5 Å². The molecule has 0 radical (unpaired) electrons. The van der Waals surface area contributed by atoms with E-state index in [4.69, 9.17) is 5.26 Å². The molecule has 14 heavy (non-hydrogen) atoms. The quantitative estimate of drug-likeness (QED) is 0.668. The Balaban J connectivity index is 3.41. The summed E-state index contributed by atoms with van der Waals surface area (Å²) in [4.78, 5) is 11.2. The van der Waals surface area contributed by atoms with Gasteiger partial charge in [-0.15, -0.1) is 0 Å². The maximum atomic E-state index is 11.2. The van der Waals surface area contributed by atoms with Crippen LogP contribution in [-0.4, -0.2) is 5.78 Å². The molecule has 2 heteroatoms. The van der Waals surface area contributed by atoms with Gasteiger partial charge in [0, 0.05) is 5.56 Å². The van der Waals surface area contributed by atoms with Crippen molar-refractivity contribution < 1.29 is 4.79 Å². The molecule has 0 saturated heterocycles. The SMILES string of the molecule is CCc1cc(C(C)=O)cc(C#N)c1C. The van der Waals surface area contributed by atoms with E-state index in [0.29, 0.717) is 11.1 Å². The third kappa shape index (κ3) is 1.82. The van der Waals surface area contributed by atoms with Crippen LogP contribution in [0.2, 0.25) is 0 Å². The first-order valence-electron chi connectivity index (χ1n) is 4.64. The molecule has 1 aromatic carbocycles. The Labute approximate surface area is 84.2 Å². The van der Waals surface area contributed by atoms with Crippen molar-refractivity contribution in [1.82, 2.24) is 0 Å². The molecule has 0 aromatic heterocycles. The van der Waals surface area contributed by atoms with Gasteiger partial charge >= 0.3 is 0 Å². The minimum absolute atomic E-state index is 0.0104. The Hall–Kier alpha value is -1.62. The highest BCUT2D eigenvalue weighted by Crippen LogP contribution is 2.17. The van der Waals surface area contributed by atoms with Gasteiger partial charge in [0.2, 0.25) is 0 Å². The minimum Gasteiger partial charge on any atom is -0.295 e. The second-order valence-electron chi connectivity index (χ2n) is 3.33. The van der Waals surface area contributed by atoms with E-state index in [2.05, 4.69) is 6.07 Å². The largest absolute Gasteiger partial charge is 0.295 e. The lowest BCUT2D eigenvalue weighted by molar-refractivity contribution is 0.101. The number of hydrogen-bond donors (Lipinski definition) is 0. The van der Waals surface area contributed by atoms with Gasteiger partial charge in [-0.25, -0.2) is 0 Å². The van der Waals surface area contributed by atoms with Crippen LogP contribution in [0.3, 0.4) is 0 Å². The number of hydrogen-bond acceptors (Lipinski definition) is 2. The molecule has 0 aliphatic carbocycles. The van der Waals surface area contributed by atoms with Crippen molar-refractivity contribution in [3.05, 3.63) is 34.4 Å². The summed E-state index contributed by atoms with van der Waals surface area (Å²) < 4.78 is 0. The summed E-state index contributed by atoms with van der Waals surface area (Å²) in [5.41, 5.74) is 3.30. The van der Waals surface area contributed by atoms with Crippen LogP contribution < -0.4 is 0 Å². The first-order chi connectivity index (χ1) is 6.60. The standard InChI is InChI=1S/C12H13NO/c1-4-10-5-11(9(3)14)6-12(7-13)8(10)2/h5-6H,4H2,1-3H3. The molecule has 2 nitrogen and oxygen atoms in total. The Morgan fingerprint density at radius 2 is 2.14 bits per heavy atom. The smallest absolute Gasteiger partial charge is 0.159 e. The Morgan fingerprint density at radius 1 is 1.50 bits per heavy atom. The second kappa shape index (κ2) is 4.06. The van der Waals surface area contributed by atoms with Crippen LogP contribution in [0, 0.1) is 18.3 Å². The van der Waals surface area contributed by atoms with E-state index in [1.165, 1.54) is 6.92 Å². The number of nitrogens with zero attached hydrogens (tertiary/aromatic N) is 1. The average molecular weight is 187 g/mol. The van der Waals surface area contributed by atoms with Gasteiger partial charge in [0.15, 0.2) is 5.78 Å². The highest BCUT2D eigenvalue weighted by molar-refractivity contribution is 5.94. The van der Waals surface area contributed by atoms with E-state index in [1.54, 1.807) is 6.07 Å². The zero-order valence-electron chi connectivity index (χ0n) is 8.72. The predicted molar refractivity (Wildman–Crippen MR) is 55.3 cm³/mol. The topological polar surface area (TPSA) is 40.9 Å². The molecule has 0 aliphatic heterocycles. The summed E-state index contributed by atoms with van der Waals surface area (Å²) in [5.74, 6) is 0.0104. The molecule has 0 heterocycles. The van der Waals surface area contributed by atoms with Crippen LogP contribution in [0.5, 0.6) is 0 Å². The Kier molecular flexibility index (Phi) is 3.03. The van der Waals surface area contributed by atoms with Crippen LogP contribution in [0.25, 0.3) is 0 Å². The van der Waals surface area contributed by atoms with Crippen molar-refractivity contribution in [3.8, 4) is 6.07 Å². The van der Waals surface area contributed by atoms with E-state index in [9.17, 15) is 4.79 Å². The van der Waals surface area contributed by atoms with Crippen LogP contribution in [0.15, 0.2) is 12.1 Å². The fourth-order valence-corrected chi connectivity index (χ4v) is 1.46. The van der Waals surface area contributed by atoms with Gasteiger partial charge in [0.1, 0.15) is 0 Å². The van der Waals surface area contributed by atoms with Crippen molar-refractivity contribution in [3.63, 3.8) is 0 Å². The van der Waals surface area contributed by atoms with Gasteiger partial charge in [-0.2, -0.15) is 5.26 Å². The van der Waals surface area contributed by atoms with Gasteiger partial charge in [-0.1, -0.05) is 6.92 Å². The number of ketones is 1. The molecule has 72 valence electrons.